The van der Waals surface area contributed by atoms with E-state index in [1.165, 1.54) is 5.56 Å². The number of benzene rings is 2. The van der Waals surface area contributed by atoms with E-state index in [9.17, 15) is 4.79 Å². The Morgan fingerprint density at radius 3 is 2.45 bits per heavy atom. The smallest absolute Gasteiger partial charge is 0.329 e. The summed E-state index contributed by atoms with van der Waals surface area (Å²) in [5.41, 5.74) is 6.98. The zero-order valence-electron chi connectivity index (χ0n) is 20.2. The minimum absolute atomic E-state index is 0.00793. The molecule has 1 aliphatic rings. The largest absolute Gasteiger partial charge is 0.341 e. The van der Waals surface area contributed by atoms with Crippen LogP contribution in [0, 0.1) is 6.92 Å². The van der Waals surface area contributed by atoms with Crippen LogP contribution in [0.3, 0.4) is 0 Å². The van der Waals surface area contributed by atoms with Crippen LogP contribution in [0.1, 0.15) is 50.9 Å². The Bertz CT molecular complexity index is 1380. The fourth-order valence-corrected chi connectivity index (χ4v) is 5.03. The molecule has 0 atom stereocenters. The van der Waals surface area contributed by atoms with Gasteiger partial charge in [0.05, 0.1) is 22.4 Å². The summed E-state index contributed by atoms with van der Waals surface area (Å²) in [6.45, 7) is 10.4. The zero-order valence-corrected chi connectivity index (χ0v) is 20.2. The van der Waals surface area contributed by atoms with Gasteiger partial charge >= 0.3 is 5.69 Å². The van der Waals surface area contributed by atoms with Gasteiger partial charge < -0.3 is 10.3 Å². The Labute approximate surface area is 194 Å². The second-order valence-electron chi connectivity index (χ2n) is 10.3. The molecule has 172 valence electrons. The van der Waals surface area contributed by atoms with Gasteiger partial charge in [0.2, 0.25) is 0 Å². The van der Waals surface area contributed by atoms with Gasteiger partial charge in [0.15, 0.2) is 0 Å². The summed E-state index contributed by atoms with van der Waals surface area (Å²) in [4.78, 5) is 21.8. The maximum Gasteiger partial charge on any atom is 0.329 e. The molecule has 1 saturated heterocycles. The van der Waals surface area contributed by atoms with E-state index in [1.54, 1.807) is 4.57 Å². The lowest BCUT2D eigenvalue weighted by Crippen LogP contribution is -2.34. The molecule has 2 N–H and O–H groups in total. The number of hydrogen-bond donors (Lipinski definition) is 2. The SMILES string of the molecule is Cc1cccc(-c2nc(C3CCNCC3)[nH]c2-c2ccc3c(c2)n(C)c(=O)n3C(C)(C)C)c1. The Kier molecular flexibility index (Phi) is 5.28. The molecule has 1 aliphatic heterocycles. The van der Waals surface area contributed by atoms with E-state index in [4.69, 9.17) is 4.98 Å². The average molecular weight is 444 g/mol. The summed E-state index contributed by atoms with van der Waals surface area (Å²) in [5.74, 6) is 1.49. The third-order valence-electron chi connectivity index (χ3n) is 6.75. The van der Waals surface area contributed by atoms with E-state index in [-0.39, 0.29) is 11.2 Å². The van der Waals surface area contributed by atoms with E-state index < -0.39 is 0 Å². The molecular formula is C27H33N5O. The number of H-pyrrole nitrogens is 1. The van der Waals surface area contributed by atoms with Crippen molar-refractivity contribution < 1.29 is 0 Å². The topological polar surface area (TPSA) is 67.6 Å². The number of piperidine rings is 1. The summed E-state index contributed by atoms with van der Waals surface area (Å²) in [6, 6.07) is 14.8. The lowest BCUT2D eigenvalue weighted by Gasteiger charge is -2.20. The van der Waals surface area contributed by atoms with Crippen molar-refractivity contribution in [2.75, 3.05) is 13.1 Å². The second kappa shape index (κ2) is 8.03. The Morgan fingerprint density at radius 2 is 1.76 bits per heavy atom. The molecule has 0 bridgehead atoms. The fourth-order valence-electron chi connectivity index (χ4n) is 5.03. The van der Waals surface area contributed by atoms with Crippen molar-refractivity contribution in [1.82, 2.24) is 24.4 Å². The van der Waals surface area contributed by atoms with Crippen molar-refractivity contribution in [2.45, 2.75) is 52.0 Å². The van der Waals surface area contributed by atoms with Crippen LogP contribution in [0.15, 0.2) is 47.3 Å². The molecule has 5 rings (SSSR count). The number of aromatic nitrogens is 4. The molecule has 2 aromatic heterocycles. The minimum Gasteiger partial charge on any atom is -0.341 e. The fraction of sp³-hybridized carbons (Fsp3) is 0.407. The summed E-state index contributed by atoms with van der Waals surface area (Å²) >= 11 is 0. The van der Waals surface area contributed by atoms with Gasteiger partial charge in [-0.3, -0.25) is 9.13 Å². The van der Waals surface area contributed by atoms with Gasteiger partial charge in [-0.1, -0.05) is 29.8 Å². The first-order valence-electron chi connectivity index (χ1n) is 11.8. The van der Waals surface area contributed by atoms with Crippen LogP contribution in [0.25, 0.3) is 33.5 Å². The third kappa shape index (κ3) is 3.82. The van der Waals surface area contributed by atoms with Crippen molar-refractivity contribution in [2.24, 2.45) is 7.05 Å². The first-order chi connectivity index (χ1) is 15.7. The molecule has 3 heterocycles. The lowest BCUT2D eigenvalue weighted by molar-refractivity contribution is 0.392. The van der Waals surface area contributed by atoms with Crippen LogP contribution in [-0.4, -0.2) is 32.2 Å². The Hall–Kier alpha value is -3.12. The van der Waals surface area contributed by atoms with Gasteiger partial charge in [-0.25, -0.2) is 9.78 Å². The molecule has 4 aromatic rings. The van der Waals surface area contributed by atoms with Gasteiger partial charge in [0.25, 0.3) is 0 Å². The van der Waals surface area contributed by atoms with Crippen molar-refractivity contribution in [1.29, 1.82) is 0 Å². The number of nitrogens with zero attached hydrogens (tertiary/aromatic N) is 3. The molecule has 2 aromatic carbocycles. The predicted octanol–water partition coefficient (Wildman–Crippen LogP) is 4.93. The van der Waals surface area contributed by atoms with Crippen molar-refractivity contribution >= 4 is 11.0 Å². The first kappa shape index (κ1) is 21.7. The van der Waals surface area contributed by atoms with E-state index in [1.807, 2.05) is 11.6 Å². The normalized spacial score (nSPS) is 15.4. The average Bonchev–Trinajstić information content (AvgIpc) is 3.34. The van der Waals surface area contributed by atoms with Gasteiger partial charge in [-0.2, -0.15) is 0 Å². The van der Waals surface area contributed by atoms with Crippen molar-refractivity contribution in [3.63, 3.8) is 0 Å². The highest BCUT2D eigenvalue weighted by Crippen LogP contribution is 2.35. The molecule has 0 unspecified atom stereocenters. The lowest BCUT2D eigenvalue weighted by atomic mass is 9.97. The molecule has 0 spiro atoms. The monoisotopic (exact) mass is 443 g/mol. The third-order valence-corrected chi connectivity index (χ3v) is 6.75. The van der Waals surface area contributed by atoms with Gasteiger partial charge in [-0.05, 0) is 71.8 Å². The van der Waals surface area contributed by atoms with Crippen LogP contribution in [0.2, 0.25) is 0 Å². The quantitative estimate of drug-likeness (QED) is 0.472. The van der Waals surface area contributed by atoms with Crippen molar-refractivity contribution in [3.8, 4) is 22.5 Å². The van der Waals surface area contributed by atoms with Crippen LogP contribution < -0.4 is 11.0 Å². The van der Waals surface area contributed by atoms with E-state index in [0.29, 0.717) is 5.92 Å². The van der Waals surface area contributed by atoms with Crippen molar-refractivity contribution in [3.05, 3.63) is 64.3 Å². The molecule has 6 nitrogen and oxygen atoms in total. The molecule has 6 heteroatoms. The number of fused-ring (bicyclic) bond motifs is 1. The molecule has 33 heavy (non-hydrogen) atoms. The van der Waals surface area contributed by atoms with E-state index in [2.05, 4.69) is 80.5 Å². The number of nitrogens with one attached hydrogen (secondary N) is 2. The van der Waals surface area contributed by atoms with Crippen LogP contribution in [0.4, 0.5) is 0 Å². The van der Waals surface area contributed by atoms with Gasteiger partial charge in [-0.15, -0.1) is 0 Å². The standard InChI is InChI=1S/C27H33N5O/c1-17-7-6-8-19(15-17)23-24(30-25(29-23)18-11-13-28-14-12-18)20-9-10-21-22(16-20)31(5)26(33)32(21)27(2,3)4/h6-10,15-16,18,28H,11-14H2,1-5H3,(H,29,30). The summed E-state index contributed by atoms with van der Waals surface area (Å²) < 4.78 is 3.63. The van der Waals surface area contributed by atoms with Crippen LogP contribution in [0.5, 0.6) is 0 Å². The van der Waals surface area contributed by atoms with Crippen LogP contribution >= 0.6 is 0 Å². The van der Waals surface area contributed by atoms with Crippen LogP contribution in [-0.2, 0) is 12.6 Å². The highest BCUT2D eigenvalue weighted by atomic mass is 16.1. The second-order valence-corrected chi connectivity index (χ2v) is 10.3. The number of rotatable bonds is 3. The van der Waals surface area contributed by atoms with E-state index >= 15 is 0 Å². The molecular weight excluding hydrogens is 410 g/mol. The van der Waals surface area contributed by atoms with Gasteiger partial charge in [0.1, 0.15) is 5.82 Å². The highest BCUT2D eigenvalue weighted by Gasteiger charge is 2.24. The number of hydrogen-bond acceptors (Lipinski definition) is 3. The maximum absolute atomic E-state index is 13.0. The minimum atomic E-state index is -0.291. The summed E-state index contributed by atoms with van der Waals surface area (Å²) in [6.07, 6.45) is 2.17. The molecule has 0 radical (unpaired) electrons. The molecule has 1 fully saturated rings. The number of aromatic amines is 1. The number of aryl methyl sites for hydroxylation is 2. The number of imidazole rings is 2. The summed E-state index contributed by atoms with van der Waals surface area (Å²) in [7, 11) is 1.85. The Morgan fingerprint density at radius 1 is 1.00 bits per heavy atom. The van der Waals surface area contributed by atoms with Gasteiger partial charge in [0, 0.05) is 29.6 Å². The highest BCUT2D eigenvalue weighted by molar-refractivity contribution is 5.86. The predicted molar refractivity (Wildman–Crippen MR) is 135 cm³/mol. The Balaban J connectivity index is 1.70. The first-order valence-corrected chi connectivity index (χ1v) is 11.8. The molecule has 0 amide bonds. The molecule has 0 aliphatic carbocycles. The maximum atomic E-state index is 13.0. The van der Waals surface area contributed by atoms with E-state index in [0.717, 1.165) is 65.3 Å². The summed E-state index contributed by atoms with van der Waals surface area (Å²) in [5, 5.41) is 3.45. The molecule has 0 saturated carbocycles. The zero-order chi connectivity index (χ0) is 23.3.